The predicted molar refractivity (Wildman–Crippen MR) is 116 cm³/mol. The minimum atomic E-state index is -4.63. The summed E-state index contributed by atoms with van der Waals surface area (Å²) in [5.74, 6) is -0.907. The third-order valence-corrected chi connectivity index (χ3v) is 6.83. The third kappa shape index (κ3) is 4.27. The normalized spacial score (nSPS) is 19.7. The van der Waals surface area contributed by atoms with Gasteiger partial charge in [0.25, 0.3) is 5.91 Å². The number of amides is 2. The molecule has 2 fully saturated rings. The molecule has 11 heteroatoms. The Bertz CT molecular complexity index is 1120. The van der Waals surface area contributed by atoms with Gasteiger partial charge < -0.3 is 15.1 Å². The van der Waals surface area contributed by atoms with Crippen molar-refractivity contribution in [2.75, 3.05) is 38.1 Å². The highest BCUT2D eigenvalue weighted by Crippen LogP contribution is 2.46. The molecule has 1 spiro atoms. The number of hydrogen-bond donors (Lipinski definition) is 1. The second-order valence-electron chi connectivity index (χ2n) is 8.63. The van der Waals surface area contributed by atoms with E-state index in [0.717, 1.165) is 6.07 Å². The molecule has 8 nitrogen and oxygen atoms in total. The number of likely N-dealkylation sites (tertiary alicyclic amines) is 1. The van der Waals surface area contributed by atoms with Crippen molar-refractivity contribution in [3.05, 3.63) is 53.6 Å². The van der Waals surface area contributed by atoms with Crippen LogP contribution < -0.4 is 10.2 Å². The maximum absolute atomic E-state index is 13.4. The number of alkyl halides is 3. The molecule has 0 radical (unpaired) electrons. The molecule has 2 saturated heterocycles. The lowest BCUT2D eigenvalue weighted by atomic mass is 9.70. The number of piperidine rings is 1. The van der Waals surface area contributed by atoms with Gasteiger partial charge >= 0.3 is 6.18 Å². The molecule has 2 amide bonds. The largest absolute Gasteiger partial charge is 0.417 e. The molecule has 178 valence electrons. The van der Waals surface area contributed by atoms with E-state index in [4.69, 9.17) is 5.26 Å². The van der Waals surface area contributed by atoms with E-state index >= 15 is 0 Å². The highest BCUT2D eigenvalue weighted by molar-refractivity contribution is 5.93. The zero-order valence-corrected chi connectivity index (χ0v) is 18.5. The van der Waals surface area contributed by atoms with Crippen LogP contribution in [0.15, 0.2) is 36.8 Å². The van der Waals surface area contributed by atoms with Crippen LogP contribution in [0, 0.1) is 22.7 Å². The van der Waals surface area contributed by atoms with Crippen LogP contribution in [0.2, 0.25) is 0 Å². The van der Waals surface area contributed by atoms with Crippen LogP contribution >= 0.6 is 0 Å². The van der Waals surface area contributed by atoms with Crippen LogP contribution in [0.5, 0.6) is 0 Å². The minimum Gasteiger partial charge on any atom is -0.371 e. The average Bonchev–Trinajstić information content (AvgIpc) is 3.21. The van der Waals surface area contributed by atoms with E-state index in [0.29, 0.717) is 38.2 Å². The van der Waals surface area contributed by atoms with Gasteiger partial charge in [-0.05, 0) is 31.0 Å². The molecule has 0 saturated carbocycles. The summed E-state index contributed by atoms with van der Waals surface area (Å²) in [6, 6.07) is 5.30. The van der Waals surface area contributed by atoms with Gasteiger partial charge in [0, 0.05) is 56.7 Å². The van der Waals surface area contributed by atoms with Crippen molar-refractivity contribution in [2.24, 2.45) is 11.3 Å². The highest BCUT2D eigenvalue weighted by Gasteiger charge is 2.52. The van der Waals surface area contributed by atoms with Crippen molar-refractivity contribution in [2.45, 2.75) is 19.0 Å². The van der Waals surface area contributed by atoms with Gasteiger partial charge in [0.15, 0.2) is 0 Å². The second kappa shape index (κ2) is 8.93. The summed E-state index contributed by atoms with van der Waals surface area (Å²) in [6.07, 6.45) is 0.704. The summed E-state index contributed by atoms with van der Waals surface area (Å²) in [5.41, 5.74) is -1.29. The number of benzene rings is 1. The van der Waals surface area contributed by atoms with E-state index in [2.05, 4.69) is 15.3 Å². The molecule has 1 aromatic heterocycles. The number of halogens is 3. The van der Waals surface area contributed by atoms with Crippen molar-refractivity contribution in [1.82, 2.24) is 20.2 Å². The summed E-state index contributed by atoms with van der Waals surface area (Å²) in [4.78, 5) is 37.1. The number of hydrogen-bond acceptors (Lipinski definition) is 6. The quantitative estimate of drug-likeness (QED) is 0.737. The predicted octanol–water partition coefficient (Wildman–Crippen LogP) is 2.47. The Labute approximate surface area is 194 Å². The lowest BCUT2D eigenvalue weighted by molar-refractivity contribution is -0.137. The molecular formula is C23H23F3N6O2. The van der Waals surface area contributed by atoms with E-state index in [1.165, 1.54) is 30.7 Å². The van der Waals surface area contributed by atoms with Crippen molar-refractivity contribution >= 4 is 17.5 Å². The van der Waals surface area contributed by atoms with Crippen LogP contribution in [0.25, 0.3) is 0 Å². The van der Waals surface area contributed by atoms with Gasteiger partial charge in [-0.15, -0.1) is 0 Å². The van der Waals surface area contributed by atoms with Gasteiger partial charge in [-0.2, -0.15) is 18.4 Å². The number of aromatic nitrogens is 2. The van der Waals surface area contributed by atoms with Crippen LogP contribution in [0.4, 0.5) is 18.9 Å². The molecular weight excluding hydrogens is 449 g/mol. The SMILES string of the molecule is CNC(=O)C1CN(C(=O)c2cnccn2)CC12CCN(c1ccc(C#N)c(C(F)(F)F)c1)CC2. The lowest BCUT2D eigenvalue weighted by Gasteiger charge is -2.42. The summed E-state index contributed by atoms with van der Waals surface area (Å²) in [7, 11) is 1.55. The average molecular weight is 472 g/mol. The van der Waals surface area contributed by atoms with Gasteiger partial charge in [0.2, 0.25) is 5.91 Å². The zero-order valence-electron chi connectivity index (χ0n) is 18.5. The Morgan fingerprint density at radius 3 is 2.56 bits per heavy atom. The fraction of sp³-hybridized carbons (Fsp3) is 0.435. The molecule has 4 rings (SSSR count). The number of nitrogens with one attached hydrogen (secondary N) is 1. The molecule has 3 heterocycles. The fourth-order valence-electron chi connectivity index (χ4n) is 5.01. The van der Waals surface area contributed by atoms with Gasteiger partial charge in [-0.25, -0.2) is 4.98 Å². The van der Waals surface area contributed by atoms with Gasteiger partial charge in [-0.3, -0.25) is 14.6 Å². The monoisotopic (exact) mass is 472 g/mol. The molecule has 2 aliphatic heterocycles. The van der Waals surface area contributed by atoms with E-state index < -0.39 is 28.6 Å². The summed E-state index contributed by atoms with van der Waals surface area (Å²) in [6.45, 7) is 1.44. The molecule has 1 atom stereocenters. The van der Waals surface area contributed by atoms with E-state index in [1.54, 1.807) is 18.0 Å². The molecule has 1 unspecified atom stereocenters. The minimum absolute atomic E-state index is 0.166. The van der Waals surface area contributed by atoms with E-state index in [9.17, 15) is 22.8 Å². The standard InChI is InChI=1S/C23H23F3N6O2/c1-28-20(33)18-13-32(21(34)19-12-29-6-7-30-19)14-22(18)4-8-31(9-5-22)16-3-2-15(11-27)17(10-16)23(24,25)26/h2-3,6-7,10,12,18H,4-5,8-9,13-14H2,1H3,(H,28,33). The maximum Gasteiger partial charge on any atom is 0.417 e. The molecule has 0 aliphatic carbocycles. The first-order valence-corrected chi connectivity index (χ1v) is 10.8. The number of carbonyl (C=O) groups excluding carboxylic acids is 2. The number of anilines is 1. The van der Waals surface area contributed by atoms with Crippen LogP contribution in [-0.2, 0) is 11.0 Å². The first kappa shape index (κ1) is 23.5. The van der Waals surface area contributed by atoms with Crippen LogP contribution in [0.3, 0.4) is 0 Å². The summed E-state index contributed by atoms with van der Waals surface area (Å²) in [5, 5.41) is 11.7. The Balaban J connectivity index is 1.55. The number of nitrogens with zero attached hydrogens (tertiary/aromatic N) is 5. The van der Waals surface area contributed by atoms with Crippen molar-refractivity contribution < 1.29 is 22.8 Å². The Morgan fingerprint density at radius 2 is 1.97 bits per heavy atom. The summed E-state index contributed by atoms with van der Waals surface area (Å²) >= 11 is 0. The fourth-order valence-corrected chi connectivity index (χ4v) is 5.01. The van der Waals surface area contributed by atoms with Crippen LogP contribution in [0.1, 0.15) is 34.5 Å². The lowest BCUT2D eigenvalue weighted by Crippen LogP contribution is -2.48. The van der Waals surface area contributed by atoms with Gasteiger partial charge in [-0.1, -0.05) is 0 Å². The Hall–Kier alpha value is -3.68. The molecule has 34 heavy (non-hydrogen) atoms. The third-order valence-electron chi connectivity index (χ3n) is 6.83. The van der Waals surface area contributed by atoms with Gasteiger partial charge in [0.1, 0.15) is 5.69 Å². The van der Waals surface area contributed by atoms with Crippen molar-refractivity contribution in [3.63, 3.8) is 0 Å². The number of nitriles is 1. The highest BCUT2D eigenvalue weighted by atomic mass is 19.4. The van der Waals surface area contributed by atoms with Crippen LogP contribution in [-0.4, -0.2) is 59.9 Å². The van der Waals surface area contributed by atoms with Crippen molar-refractivity contribution in [1.29, 1.82) is 5.26 Å². The molecule has 1 N–H and O–H groups in total. The number of carbonyl (C=O) groups is 2. The topological polar surface area (TPSA) is 102 Å². The van der Waals surface area contributed by atoms with Gasteiger partial charge in [0.05, 0.1) is 29.3 Å². The first-order chi connectivity index (χ1) is 16.2. The number of rotatable bonds is 3. The molecule has 1 aromatic carbocycles. The molecule has 0 bridgehead atoms. The first-order valence-electron chi connectivity index (χ1n) is 10.8. The summed E-state index contributed by atoms with van der Waals surface area (Å²) < 4.78 is 40.2. The molecule has 2 aliphatic rings. The smallest absolute Gasteiger partial charge is 0.371 e. The van der Waals surface area contributed by atoms with Crippen molar-refractivity contribution in [3.8, 4) is 6.07 Å². The Kier molecular flexibility index (Phi) is 6.17. The maximum atomic E-state index is 13.4. The zero-order chi connectivity index (χ0) is 24.5. The second-order valence-corrected chi connectivity index (χ2v) is 8.63. The molecule has 2 aromatic rings. The van der Waals surface area contributed by atoms with E-state index in [1.807, 2.05) is 4.90 Å². The Morgan fingerprint density at radius 1 is 1.24 bits per heavy atom. The van der Waals surface area contributed by atoms with E-state index in [-0.39, 0.29) is 24.1 Å².